The van der Waals surface area contributed by atoms with Crippen LogP contribution in [0.3, 0.4) is 0 Å². The average Bonchev–Trinajstić information content (AvgIpc) is 2.31. The quantitative estimate of drug-likeness (QED) is 0.735. The van der Waals surface area contributed by atoms with Crippen molar-refractivity contribution in [3.63, 3.8) is 0 Å². The number of nitrogens with one attached hydrogen (secondary N) is 1. The predicted octanol–water partition coefficient (Wildman–Crippen LogP) is 3.28. The van der Waals surface area contributed by atoms with Crippen molar-refractivity contribution >= 4 is 0 Å². The fourth-order valence-corrected chi connectivity index (χ4v) is 3.33. The summed E-state index contributed by atoms with van der Waals surface area (Å²) in [5.41, 5.74) is 0. The zero-order valence-electron chi connectivity index (χ0n) is 12.3. The number of likely N-dealkylation sites (N-methyl/N-ethyl adjacent to an activating group) is 1. The van der Waals surface area contributed by atoms with Gasteiger partial charge in [-0.3, -0.25) is 4.90 Å². The molecule has 0 bridgehead atoms. The van der Waals surface area contributed by atoms with Crippen LogP contribution < -0.4 is 5.32 Å². The van der Waals surface area contributed by atoms with Crippen molar-refractivity contribution in [3.05, 3.63) is 0 Å². The normalized spacial score (nSPS) is 25.8. The third-order valence-corrected chi connectivity index (χ3v) is 4.11. The average molecular weight is 240 g/mol. The Morgan fingerprint density at radius 2 is 2.06 bits per heavy atom. The SMILES string of the molecule is CCCC(NCC)C(CC)N1CCCC(C)C1. The first-order valence-electron chi connectivity index (χ1n) is 7.70. The summed E-state index contributed by atoms with van der Waals surface area (Å²) in [6.45, 7) is 13.0. The third kappa shape index (κ3) is 4.59. The standard InChI is InChI=1S/C15H32N2/c1-5-9-14(16-7-3)15(6-2)17-11-8-10-13(4)12-17/h13-16H,5-12H2,1-4H3. The highest BCUT2D eigenvalue weighted by atomic mass is 15.2. The van der Waals surface area contributed by atoms with Crippen LogP contribution in [0.4, 0.5) is 0 Å². The van der Waals surface area contributed by atoms with Gasteiger partial charge >= 0.3 is 0 Å². The van der Waals surface area contributed by atoms with E-state index in [4.69, 9.17) is 0 Å². The molecule has 0 aromatic heterocycles. The second kappa shape index (κ2) is 8.10. The molecule has 0 aromatic rings. The first-order valence-corrected chi connectivity index (χ1v) is 7.70. The molecular weight excluding hydrogens is 208 g/mol. The van der Waals surface area contributed by atoms with Crippen molar-refractivity contribution in [2.75, 3.05) is 19.6 Å². The van der Waals surface area contributed by atoms with Crippen molar-refractivity contribution in [1.29, 1.82) is 0 Å². The fourth-order valence-electron chi connectivity index (χ4n) is 3.33. The van der Waals surface area contributed by atoms with Crippen LogP contribution in [0.25, 0.3) is 0 Å². The van der Waals surface area contributed by atoms with Gasteiger partial charge in [0.25, 0.3) is 0 Å². The first-order chi connectivity index (χ1) is 8.22. The van der Waals surface area contributed by atoms with Crippen molar-refractivity contribution in [1.82, 2.24) is 10.2 Å². The minimum Gasteiger partial charge on any atom is -0.313 e. The van der Waals surface area contributed by atoms with Gasteiger partial charge in [0, 0.05) is 18.6 Å². The van der Waals surface area contributed by atoms with Crippen LogP contribution in [0.2, 0.25) is 0 Å². The van der Waals surface area contributed by atoms with Gasteiger partial charge in [0.1, 0.15) is 0 Å². The summed E-state index contributed by atoms with van der Waals surface area (Å²) in [6.07, 6.45) is 6.70. The Morgan fingerprint density at radius 3 is 2.59 bits per heavy atom. The zero-order chi connectivity index (χ0) is 12.7. The third-order valence-electron chi connectivity index (χ3n) is 4.11. The molecule has 0 amide bonds. The molecule has 1 N–H and O–H groups in total. The van der Waals surface area contributed by atoms with Gasteiger partial charge in [-0.25, -0.2) is 0 Å². The van der Waals surface area contributed by atoms with Gasteiger partial charge in [0.15, 0.2) is 0 Å². The van der Waals surface area contributed by atoms with Crippen molar-refractivity contribution in [2.24, 2.45) is 5.92 Å². The second-order valence-electron chi connectivity index (χ2n) is 5.67. The van der Waals surface area contributed by atoms with Crippen LogP contribution in [-0.2, 0) is 0 Å². The molecular formula is C15H32N2. The predicted molar refractivity (Wildman–Crippen MR) is 76.4 cm³/mol. The molecule has 0 saturated carbocycles. The van der Waals surface area contributed by atoms with Crippen LogP contribution in [-0.4, -0.2) is 36.6 Å². The van der Waals surface area contributed by atoms with Crippen molar-refractivity contribution in [3.8, 4) is 0 Å². The summed E-state index contributed by atoms with van der Waals surface area (Å²) in [5.74, 6) is 0.890. The molecule has 0 radical (unpaired) electrons. The molecule has 1 aliphatic heterocycles. The van der Waals surface area contributed by atoms with Crippen molar-refractivity contribution < 1.29 is 0 Å². The van der Waals surface area contributed by atoms with Crippen LogP contribution in [0.1, 0.15) is 59.8 Å². The Bertz CT molecular complexity index is 183. The molecule has 0 spiro atoms. The van der Waals surface area contributed by atoms with E-state index >= 15 is 0 Å². The van der Waals surface area contributed by atoms with E-state index in [2.05, 4.69) is 37.9 Å². The maximum Gasteiger partial charge on any atom is 0.0246 e. The van der Waals surface area contributed by atoms with Gasteiger partial charge in [-0.05, 0) is 44.7 Å². The Morgan fingerprint density at radius 1 is 1.29 bits per heavy atom. The number of hydrogen-bond acceptors (Lipinski definition) is 2. The largest absolute Gasteiger partial charge is 0.313 e. The molecule has 2 heteroatoms. The molecule has 1 fully saturated rings. The molecule has 1 rings (SSSR count). The Kier molecular flexibility index (Phi) is 7.14. The summed E-state index contributed by atoms with van der Waals surface area (Å²) in [4.78, 5) is 2.75. The van der Waals surface area contributed by atoms with Crippen LogP contribution in [0.15, 0.2) is 0 Å². The van der Waals surface area contributed by atoms with E-state index in [1.807, 2.05) is 0 Å². The summed E-state index contributed by atoms with van der Waals surface area (Å²) < 4.78 is 0. The first kappa shape index (κ1) is 15.0. The summed E-state index contributed by atoms with van der Waals surface area (Å²) >= 11 is 0. The van der Waals surface area contributed by atoms with E-state index in [1.54, 1.807) is 0 Å². The monoisotopic (exact) mass is 240 g/mol. The lowest BCUT2D eigenvalue weighted by Crippen LogP contribution is -2.52. The number of piperidine rings is 1. The van der Waals surface area contributed by atoms with E-state index in [1.165, 1.54) is 45.2 Å². The minimum absolute atomic E-state index is 0.695. The molecule has 1 saturated heterocycles. The van der Waals surface area contributed by atoms with E-state index < -0.39 is 0 Å². The number of hydrogen-bond donors (Lipinski definition) is 1. The number of likely N-dealkylation sites (tertiary alicyclic amines) is 1. The smallest absolute Gasteiger partial charge is 0.0246 e. The van der Waals surface area contributed by atoms with Gasteiger partial charge in [-0.1, -0.05) is 34.1 Å². The summed E-state index contributed by atoms with van der Waals surface area (Å²) in [5, 5.41) is 3.71. The van der Waals surface area contributed by atoms with Gasteiger partial charge in [0.05, 0.1) is 0 Å². The van der Waals surface area contributed by atoms with Gasteiger partial charge in [-0.15, -0.1) is 0 Å². The molecule has 2 nitrogen and oxygen atoms in total. The molecule has 1 aliphatic rings. The van der Waals surface area contributed by atoms with E-state index in [0.29, 0.717) is 6.04 Å². The summed E-state index contributed by atoms with van der Waals surface area (Å²) in [7, 11) is 0. The second-order valence-corrected chi connectivity index (χ2v) is 5.67. The molecule has 3 atom stereocenters. The Labute approximate surface area is 108 Å². The zero-order valence-corrected chi connectivity index (χ0v) is 12.3. The fraction of sp³-hybridized carbons (Fsp3) is 1.00. The highest BCUT2D eigenvalue weighted by Crippen LogP contribution is 2.22. The lowest BCUT2D eigenvalue weighted by atomic mass is 9.93. The summed E-state index contributed by atoms with van der Waals surface area (Å²) in [6, 6.07) is 1.44. The van der Waals surface area contributed by atoms with Crippen LogP contribution in [0.5, 0.6) is 0 Å². The van der Waals surface area contributed by atoms with Gasteiger partial charge < -0.3 is 5.32 Å². The highest BCUT2D eigenvalue weighted by molar-refractivity contribution is 4.86. The maximum atomic E-state index is 3.71. The van der Waals surface area contributed by atoms with Crippen LogP contribution in [0, 0.1) is 5.92 Å². The number of rotatable bonds is 7. The number of nitrogens with zero attached hydrogens (tertiary/aromatic N) is 1. The lowest BCUT2D eigenvalue weighted by molar-refractivity contribution is 0.0976. The Hall–Kier alpha value is -0.0800. The lowest BCUT2D eigenvalue weighted by Gasteiger charge is -2.41. The molecule has 3 unspecified atom stereocenters. The van der Waals surface area contributed by atoms with Gasteiger partial charge in [0.2, 0.25) is 0 Å². The molecule has 102 valence electrons. The van der Waals surface area contributed by atoms with E-state index in [0.717, 1.165) is 18.5 Å². The Balaban J connectivity index is 2.58. The molecule has 1 heterocycles. The minimum atomic E-state index is 0.695. The molecule has 0 aromatic carbocycles. The highest BCUT2D eigenvalue weighted by Gasteiger charge is 2.27. The molecule has 17 heavy (non-hydrogen) atoms. The van der Waals surface area contributed by atoms with Crippen LogP contribution >= 0.6 is 0 Å². The van der Waals surface area contributed by atoms with E-state index in [9.17, 15) is 0 Å². The molecule has 0 aliphatic carbocycles. The van der Waals surface area contributed by atoms with Gasteiger partial charge in [-0.2, -0.15) is 0 Å². The van der Waals surface area contributed by atoms with Crippen molar-refractivity contribution in [2.45, 2.75) is 71.9 Å². The van der Waals surface area contributed by atoms with E-state index in [-0.39, 0.29) is 0 Å². The topological polar surface area (TPSA) is 15.3 Å². The maximum absolute atomic E-state index is 3.71.